The second-order valence-electron chi connectivity index (χ2n) is 7.90. The van der Waals surface area contributed by atoms with Crippen LogP contribution in [0.3, 0.4) is 0 Å². The molecular weight excluding hydrogens is 436 g/mol. The Kier molecular flexibility index (Phi) is 5.44. The Balaban J connectivity index is 1.66. The Morgan fingerprint density at radius 2 is 1.73 bits per heavy atom. The van der Waals surface area contributed by atoms with E-state index in [2.05, 4.69) is 15.5 Å². The fourth-order valence-corrected chi connectivity index (χ4v) is 4.20. The minimum atomic E-state index is -0.498. The van der Waals surface area contributed by atoms with E-state index in [1.165, 1.54) is 0 Å². The van der Waals surface area contributed by atoms with Gasteiger partial charge in [-0.05, 0) is 43.7 Å². The summed E-state index contributed by atoms with van der Waals surface area (Å²) in [5, 5.41) is 7.88. The van der Waals surface area contributed by atoms with Crippen molar-refractivity contribution in [3.63, 3.8) is 0 Å². The van der Waals surface area contributed by atoms with Gasteiger partial charge >= 0.3 is 6.03 Å². The van der Waals surface area contributed by atoms with Gasteiger partial charge in [0.2, 0.25) is 5.82 Å². The van der Waals surface area contributed by atoms with Gasteiger partial charge < -0.3 is 9.84 Å². The molecule has 0 spiro atoms. The summed E-state index contributed by atoms with van der Waals surface area (Å²) in [6.45, 7) is 3.91. The van der Waals surface area contributed by atoms with Gasteiger partial charge in [0.1, 0.15) is 0 Å². The largest absolute Gasteiger partial charge is 0.334 e. The van der Waals surface area contributed by atoms with Gasteiger partial charge in [0, 0.05) is 16.3 Å². The maximum Gasteiger partial charge on any atom is 0.326 e. The van der Waals surface area contributed by atoms with Crippen molar-refractivity contribution in [2.75, 3.05) is 4.90 Å². The number of urea groups is 1. The lowest BCUT2D eigenvalue weighted by Crippen LogP contribution is -2.46. The lowest BCUT2D eigenvalue weighted by atomic mass is 9.94. The van der Waals surface area contributed by atoms with Crippen LogP contribution in [0.15, 0.2) is 89.1 Å². The Morgan fingerprint density at radius 1 is 0.970 bits per heavy atom. The number of aryl methyl sites for hydroxylation is 1. The number of carbonyl (C=O) groups is 1. The number of allylic oxidation sites excluding steroid dienone is 1. The summed E-state index contributed by atoms with van der Waals surface area (Å²) in [5.41, 5.74) is 4.99. The maximum absolute atomic E-state index is 13.2. The molecule has 0 aliphatic carbocycles. The molecule has 2 heterocycles. The quantitative estimate of drug-likeness (QED) is 0.385. The zero-order valence-electron chi connectivity index (χ0n) is 18.1. The number of rotatable bonds is 4. The number of halogens is 1. The molecule has 1 N–H and O–H groups in total. The predicted octanol–water partition coefficient (Wildman–Crippen LogP) is 6.40. The van der Waals surface area contributed by atoms with E-state index in [1.807, 2.05) is 86.6 Å². The molecule has 2 amide bonds. The molecule has 7 heteroatoms. The van der Waals surface area contributed by atoms with Crippen molar-refractivity contribution in [3.8, 4) is 11.4 Å². The van der Waals surface area contributed by atoms with Crippen LogP contribution in [0.5, 0.6) is 0 Å². The van der Waals surface area contributed by atoms with Crippen LogP contribution in [0.2, 0.25) is 5.02 Å². The maximum atomic E-state index is 13.2. The van der Waals surface area contributed by atoms with Crippen LogP contribution in [0.4, 0.5) is 10.5 Å². The molecule has 33 heavy (non-hydrogen) atoms. The third-order valence-corrected chi connectivity index (χ3v) is 5.88. The van der Waals surface area contributed by atoms with E-state index >= 15 is 0 Å². The molecule has 0 saturated carbocycles. The minimum absolute atomic E-state index is 0.245. The lowest BCUT2D eigenvalue weighted by Gasteiger charge is -2.35. The van der Waals surface area contributed by atoms with Crippen molar-refractivity contribution in [3.05, 3.63) is 107 Å². The first-order valence-corrected chi connectivity index (χ1v) is 10.9. The average Bonchev–Trinajstić information content (AvgIpc) is 3.29. The van der Waals surface area contributed by atoms with Crippen LogP contribution in [0, 0.1) is 6.92 Å². The number of anilines is 1. The molecule has 0 fully saturated rings. The van der Waals surface area contributed by atoms with Crippen molar-refractivity contribution >= 4 is 28.9 Å². The summed E-state index contributed by atoms with van der Waals surface area (Å²) in [6.07, 6.45) is 0. The number of benzene rings is 3. The van der Waals surface area contributed by atoms with Crippen LogP contribution in [0.25, 0.3) is 17.0 Å². The van der Waals surface area contributed by atoms with E-state index in [-0.39, 0.29) is 6.03 Å². The summed E-state index contributed by atoms with van der Waals surface area (Å²) in [6, 6.07) is 24.0. The number of hydrogen-bond acceptors (Lipinski definition) is 4. The summed E-state index contributed by atoms with van der Waals surface area (Å²) in [5.74, 6) is 0.826. The Labute approximate surface area is 196 Å². The third-order valence-electron chi connectivity index (χ3n) is 5.65. The van der Waals surface area contributed by atoms with Crippen molar-refractivity contribution in [1.82, 2.24) is 15.5 Å². The Morgan fingerprint density at radius 3 is 2.45 bits per heavy atom. The smallest absolute Gasteiger partial charge is 0.326 e. The number of carbonyl (C=O) groups excluding carboxylic acids is 1. The molecule has 164 valence electrons. The van der Waals surface area contributed by atoms with Crippen molar-refractivity contribution in [2.45, 2.75) is 19.9 Å². The third kappa shape index (κ3) is 4.01. The van der Waals surface area contributed by atoms with E-state index in [1.54, 1.807) is 11.0 Å². The predicted molar refractivity (Wildman–Crippen MR) is 129 cm³/mol. The highest BCUT2D eigenvalue weighted by Crippen LogP contribution is 2.39. The molecule has 1 unspecified atom stereocenters. The second-order valence-corrected chi connectivity index (χ2v) is 8.33. The standard InChI is InChI=1S/C26H21ClN4O2/c1-16-11-13-18(14-12-16)24-29-25(33-30-24)22-17(2)31(21-9-4-3-5-10-21)26(32)28-23(22)19-7-6-8-20(27)15-19/h3-15,23H,1-2H3,(H,28,32). The highest BCUT2D eigenvalue weighted by molar-refractivity contribution is 6.30. The molecule has 0 saturated heterocycles. The first-order valence-electron chi connectivity index (χ1n) is 10.5. The number of amides is 2. The van der Waals surface area contributed by atoms with Crippen molar-refractivity contribution in [1.29, 1.82) is 0 Å². The van der Waals surface area contributed by atoms with E-state index in [9.17, 15) is 4.79 Å². The zero-order valence-corrected chi connectivity index (χ0v) is 18.9. The highest BCUT2D eigenvalue weighted by atomic mass is 35.5. The van der Waals surface area contributed by atoms with Crippen molar-refractivity contribution in [2.24, 2.45) is 0 Å². The number of hydrogen-bond donors (Lipinski definition) is 1. The van der Waals surface area contributed by atoms with Crippen molar-refractivity contribution < 1.29 is 9.32 Å². The molecule has 4 aromatic rings. The van der Waals surface area contributed by atoms with Crippen LogP contribution < -0.4 is 10.2 Å². The first kappa shape index (κ1) is 21.0. The van der Waals surface area contributed by atoms with Gasteiger partial charge in [0.05, 0.1) is 17.3 Å². The number of para-hydroxylation sites is 1. The van der Waals surface area contributed by atoms with Gasteiger partial charge in [-0.2, -0.15) is 4.98 Å². The Bertz CT molecular complexity index is 1350. The van der Waals surface area contributed by atoms with Crippen LogP contribution >= 0.6 is 11.6 Å². The van der Waals surface area contributed by atoms with Gasteiger partial charge in [-0.3, -0.25) is 4.90 Å². The topological polar surface area (TPSA) is 71.3 Å². The van der Waals surface area contributed by atoms with Crippen LogP contribution in [0.1, 0.15) is 30.0 Å². The second kappa shape index (κ2) is 8.56. The SMILES string of the molecule is CC1=C(c2nc(-c3ccc(C)cc3)no2)C(c2cccc(Cl)c2)NC(=O)N1c1ccccc1. The summed E-state index contributed by atoms with van der Waals surface area (Å²) < 4.78 is 5.73. The summed E-state index contributed by atoms with van der Waals surface area (Å²) in [7, 11) is 0. The van der Waals surface area contributed by atoms with Gasteiger partial charge in [-0.1, -0.05) is 76.9 Å². The van der Waals surface area contributed by atoms with E-state index in [4.69, 9.17) is 16.1 Å². The molecule has 1 aliphatic heterocycles. The lowest BCUT2D eigenvalue weighted by molar-refractivity contribution is 0.244. The monoisotopic (exact) mass is 456 g/mol. The number of nitrogens with zero attached hydrogens (tertiary/aromatic N) is 3. The van der Waals surface area contributed by atoms with Gasteiger partial charge in [0.25, 0.3) is 5.89 Å². The Hall–Kier alpha value is -3.90. The normalized spacial score (nSPS) is 16.2. The molecule has 1 aliphatic rings. The summed E-state index contributed by atoms with van der Waals surface area (Å²) >= 11 is 6.26. The highest BCUT2D eigenvalue weighted by Gasteiger charge is 2.36. The molecule has 5 rings (SSSR count). The molecular formula is C26H21ClN4O2. The molecule has 1 atom stereocenters. The molecule has 6 nitrogen and oxygen atoms in total. The molecule has 0 bridgehead atoms. The molecule has 0 radical (unpaired) electrons. The molecule has 1 aromatic heterocycles. The van der Waals surface area contributed by atoms with Crippen LogP contribution in [-0.4, -0.2) is 16.2 Å². The number of nitrogens with one attached hydrogen (secondary N) is 1. The van der Waals surface area contributed by atoms with Gasteiger partial charge in [0.15, 0.2) is 0 Å². The minimum Gasteiger partial charge on any atom is -0.334 e. The fourth-order valence-electron chi connectivity index (χ4n) is 4.00. The van der Waals surface area contributed by atoms with E-state index in [0.29, 0.717) is 28.0 Å². The summed E-state index contributed by atoms with van der Waals surface area (Å²) in [4.78, 5) is 19.5. The first-order chi connectivity index (χ1) is 16.0. The van der Waals surface area contributed by atoms with Crippen LogP contribution in [-0.2, 0) is 0 Å². The molecule has 3 aromatic carbocycles. The van der Waals surface area contributed by atoms with Gasteiger partial charge in [-0.15, -0.1) is 0 Å². The number of aromatic nitrogens is 2. The zero-order chi connectivity index (χ0) is 22.9. The van der Waals surface area contributed by atoms with E-state index in [0.717, 1.165) is 22.4 Å². The fraction of sp³-hybridized carbons (Fsp3) is 0.115. The van der Waals surface area contributed by atoms with E-state index < -0.39 is 6.04 Å². The van der Waals surface area contributed by atoms with Gasteiger partial charge in [-0.25, -0.2) is 4.79 Å². The average molecular weight is 457 g/mol.